The lowest BCUT2D eigenvalue weighted by atomic mass is 10.0. The van der Waals surface area contributed by atoms with Crippen molar-refractivity contribution in [2.75, 3.05) is 13.1 Å². The summed E-state index contributed by atoms with van der Waals surface area (Å²) in [6.45, 7) is 6.71. The number of hydrogen-bond acceptors (Lipinski definition) is 7. The minimum Gasteiger partial charge on any atom is -0.455 e. The predicted octanol–water partition coefficient (Wildman–Crippen LogP) is 5.50. The van der Waals surface area contributed by atoms with E-state index in [9.17, 15) is 9.59 Å². The molecule has 0 spiro atoms. The molecule has 1 aliphatic rings. The number of carbonyl (C=O) groups excluding carboxylic acids is 2. The van der Waals surface area contributed by atoms with E-state index in [-0.39, 0.29) is 43.4 Å². The van der Waals surface area contributed by atoms with E-state index in [2.05, 4.69) is 20.3 Å². The summed E-state index contributed by atoms with van der Waals surface area (Å²) in [5.41, 5.74) is 2.11. The lowest BCUT2D eigenvalue weighted by Gasteiger charge is -2.45. The number of aromatic nitrogens is 3. The first-order valence-electron chi connectivity index (χ1n) is 14.4. The molecule has 2 atom stereocenters. The summed E-state index contributed by atoms with van der Waals surface area (Å²) in [5.74, 6) is 0.291. The van der Waals surface area contributed by atoms with E-state index in [1.807, 2.05) is 49.9 Å². The molecule has 1 aliphatic heterocycles. The van der Waals surface area contributed by atoms with Crippen LogP contribution in [0.1, 0.15) is 31.9 Å². The molecule has 11 heteroatoms. The lowest BCUT2D eigenvalue weighted by molar-refractivity contribution is -0.150. The number of ether oxygens (including phenoxy) is 1. The summed E-state index contributed by atoms with van der Waals surface area (Å²) in [6, 6.07) is 16.3. The van der Waals surface area contributed by atoms with Crippen molar-refractivity contribution in [3.63, 3.8) is 0 Å². The third-order valence-electron chi connectivity index (χ3n) is 7.45. The first-order chi connectivity index (χ1) is 21.2. The zero-order chi connectivity index (χ0) is 31.2. The highest BCUT2D eigenvalue weighted by Crippen LogP contribution is 2.30. The van der Waals surface area contributed by atoms with E-state index in [1.54, 1.807) is 47.6 Å². The molecule has 9 nitrogen and oxygen atoms in total. The van der Waals surface area contributed by atoms with Crippen molar-refractivity contribution in [3.8, 4) is 22.9 Å². The molecule has 0 radical (unpaired) electrons. The van der Waals surface area contributed by atoms with Gasteiger partial charge in [0.15, 0.2) is 5.82 Å². The Morgan fingerprint density at radius 3 is 2.45 bits per heavy atom. The summed E-state index contributed by atoms with van der Waals surface area (Å²) in [7, 11) is 0. The molecule has 44 heavy (non-hydrogen) atoms. The second-order valence-corrected chi connectivity index (χ2v) is 11.5. The highest BCUT2D eigenvalue weighted by molar-refractivity contribution is 6.29. The third-order valence-corrected chi connectivity index (χ3v) is 7.67. The number of halogens is 2. The van der Waals surface area contributed by atoms with E-state index in [0.29, 0.717) is 34.6 Å². The van der Waals surface area contributed by atoms with Gasteiger partial charge in [0.1, 0.15) is 28.5 Å². The van der Waals surface area contributed by atoms with Gasteiger partial charge in [-0.05, 0) is 42.8 Å². The Hall–Kier alpha value is -4.41. The molecule has 2 amide bonds. The predicted molar refractivity (Wildman–Crippen MR) is 165 cm³/mol. The number of carbonyl (C=O) groups is 2. The van der Waals surface area contributed by atoms with Crippen LogP contribution in [0.25, 0.3) is 11.4 Å². The van der Waals surface area contributed by atoms with Crippen molar-refractivity contribution in [1.29, 1.82) is 0 Å². The number of benzene rings is 2. The first kappa shape index (κ1) is 31.0. The fourth-order valence-corrected chi connectivity index (χ4v) is 5.38. The molecular weight excluding hydrogens is 583 g/mol. The van der Waals surface area contributed by atoms with Crippen LogP contribution in [0.4, 0.5) is 4.39 Å². The standard InChI is InChI=1S/C33H34ClFN6O3/c1-21(2)33(43)41-22(3)18-40(19-26-27(35)6-4-7-29(26)44-25-12-13-30(34)38-17-25)20-28(41)32(42)39-16-23-8-10-24(11-9-23)31-36-14-5-15-37-31/h4-15,17,21-22,28H,16,18-20H2,1-3H3,(H,39,42)/t22-,28-/m1/s1. The van der Waals surface area contributed by atoms with Gasteiger partial charge in [-0.15, -0.1) is 0 Å². The van der Waals surface area contributed by atoms with Crippen molar-refractivity contribution in [2.45, 2.75) is 45.9 Å². The molecule has 2 aromatic carbocycles. The number of pyridine rings is 1. The molecule has 0 unspecified atom stereocenters. The number of hydrogen-bond donors (Lipinski definition) is 1. The fraction of sp³-hybridized carbons (Fsp3) is 0.303. The number of amides is 2. The molecule has 1 N–H and O–H groups in total. The Balaban J connectivity index is 1.32. The average Bonchev–Trinajstić information content (AvgIpc) is 3.02. The molecule has 1 fully saturated rings. The van der Waals surface area contributed by atoms with Crippen molar-refractivity contribution < 1.29 is 18.7 Å². The van der Waals surface area contributed by atoms with E-state index in [4.69, 9.17) is 16.3 Å². The molecule has 0 bridgehead atoms. The fourth-order valence-electron chi connectivity index (χ4n) is 5.27. The van der Waals surface area contributed by atoms with Gasteiger partial charge in [-0.3, -0.25) is 14.5 Å². The maximum Gasteiger partial charge on any atom is 0.244 e. The van der Waals surface area contributed by atoms with Crippen LogP contribution in [0.2, 0.25) is 5.15 Å². The van der Waals surface area contributed by atoms with E-state index in [0.717, 1.165) is 11.1 Å². The highest BCUT2D eigenvalue weighted by atomic mass is 35.5. The quantitative estimate of drug-likeness (QED) is 0.248. The summed E-state index contributed by atoms with van der Waals surface area (Å²) in [6.07, 6.45) is 4.84. The van der Waals surface area contributed by atoms with Crippen LogP contribution < -0.4 is 10.1 Å². The van der Waals surface area contributed by atoms with Gasteiger partial charge in [-0.25, -0.2) is 19.3 Å². The van der Waals surface area contributed by atoms with Gasteiger partial charge in [-0.2, -0.15) is 0 Å². The maximum absolute atomic E-state index is 15.2. The number of nitrogens with one attached hydrogen (secondary N) is 1. The van der Waals surface area contributed by atoms with Crippen LogP contribution in [0.3, 0.4) is 0 Å². The highest BCUT2D eigenvalue weighted by Gasteiger charge is 2.40. The van der Waals surface area contributed by atoms with Gasteiger partial charge in [0, 0.05) is 61.7 Å². The van der Waals surface area contributed by atoms with Crippen LogP contribution in [0.15, 0.2) is 79.3 Å². The number of nitrogens with zero attached hydrogens (tertiary/aromatic N) is 5. The van der Waals surface area contributed by atoms with Crippen LogP contribution in [0, 0.1) is 11.7 Å². The average molecular weight is 617 g/mol. The van der Waals surface area contributed by atoms with Gasteiger partial charge in [0.05, 0.1) is 6.20 Å². The Bertz CT molecular complexity index is 1590. The monoisotopic (exact) mass is 616 g/mol. The van der Waals surface area contributed by atoms with Gasteiger partial charge in [0.2, 0.25) is 11.8 Å². The third kappa shape index (κ3) is 7.38. The van der Waals surface area contributed by atoms with Crippen molar-refractivity contribution in [2.24, 2.45) is 5.92 Å². The van der Waals surface area contributed by atoms with Crippen molar-refractivity contribution in [1.82, 2.24) is 30.1 Å². The van der Waals surface area contributed by atoms with Crippen LogP contribution in [-0.2, 0) is 22.7 Å². The van der Waals surface area contributed by atoms with E-state index >= 15 is 4.39 Å². The lowest BCUT2D eigenvalue weighted by Crippen LogP contribution is -2.64. The normalized spacial score (nSPS) is 17.0. The van der Waals surface area contributed by atoms with Crippen molar-refractivity contribution >= 4 is 23.4 Å². The topological polar surface area (TPSA) is 101 Å². The van der Waals surface area contributed by atoms with Gasteiger partial charge in [0.25, 0.3) is 0 Å². The summed E-state index contributed by atoms with van der Waals surface area (Å²) >= 11 is 5.89. The number of piperazine rings is 1. The van der Waals surface area contributed by atoms with Crippen LogP contribution in [-0.4, -0.2) is 61.7 Å². The maximum atomic E-state index is 15.2. The van der Waals surface area contributed by atoms with Crippen molar-refractivity contribution in [3.05, 3.63) is 101 Å². The summed E-state index contributed by atoms with van der Waals surface area (Å²) in [5, 5.41) is 3.33. The van der Waals surface area contributed by atoms with Gasteiger partial charge < -0.3 is 15.0 Å². The Labute approximate surface area is 261 Å². The largest absolute Gasteiger partial charge is 0.455 e. The summed E-state index contributed by atoms with van der Waals surface area (Å²) in [4.78, 5) is 43.2. The Kier molecular flexibility index (Phi) is 9.82. The Morgan fingerprint density at radius 2 is 1.77 bits per heavy atom. The zero-order valence-corrected chi connectivity index (χ0v) is 25.5. The number of rotatable bonds is 9. The molecule has 4 aromatic rings. The molecule has 0 aliphatic carbocycles. The second-order valence-electron chi connectivity index (χ2n) is 11.1. The minimum atomic E-state index is -0.762. The van der Waals surface area contributed by atoms with Gasteiger partial charge in [-0.1, -0.05) is 55.8 Å². The smallest absolute Gasteiger partial charge is 0.244 e. The zero-order valence-electron chi connectivity index (χ0n) is 24.8. The van der Waals surface area contributed by atoms with Crippen LogP contribution in [0.5, 0.6) is 11.5 Å². The first-order valence-corrected chi connectivity index (χ1v) is 14.8. The minimum absolute atomic E-state index is 0.102. The van der Waals surface area contributed by atoms with Crippen LogP contribution >= 0.6 is 11.6 Å². The van der Waals surface area contributed by atoms with Gasteiger partial charge >= 0.3 is 0 Å². The SMILES string of the molecule is CC(C)C(=O)N1[C@H](C)CN(Cc2c(F)cccc2Oc2ccc(Cl)nc2)C[C@@H]1C(=O)NCc1ccc(-c2ncccn2)cc1. The summed E-state index contributed by atoms with van der Waals surface area (Å²) < 4.78 is 21.1. The molecule has 3 heterocycles. The molecule has 5 rings (SSSR count). The second kappa shape index (κ2) is 13.9. The van der Waals surface area contributed by atoms with E-state index in [1.165, 1.54) is 12.3 Å². The molecule has 2 aromatic heterocycles. The molecular formula is C33H34ClFN6O3. The van der Waals surface area contributed by atoms with E-state index < -0.39 is 11.9 Å². The molecule has 228 valence electrons. The molecule has 0 saturated carbocycles. The molecule has 1 saturated heterocycles. The Morgan fingerprint density at radius 1 is 1.02 bits per heavy atom.